The molecule has 1 amide bonds. The number of rotatable bonds is 7. The zero-order chi connectivity index (χ0) is 24.4. The van der Waals surface area contributed by atoms with Gasteiger partial charge in [0.15, 0.2) is 0 Å². The van der Waals surface area contributed by atoms with Crippen LogP contribution in [-0.4, -0.2) is 48.5 Å². The maximum atomic E-state index is 14.6. The van der Waals surface area contributed by atoms with Gasteiger partial charge in [0.1, 0.15) is 17.3 Å². The summed E-state index contributed by atoms with van der Waals surface area (Å²) in [6.07, 6.45) is 4.97. The summed E-state index contributed by atoms with van der Waals surface area (Å²) < 4.78 is 25.6. The van der Waals surface area contributed by atoms with E-state index in [-0.39, 0.29) is 17.8 Å². The van der Waals surface area contributed by atoms with Crippen LogP contribution in [0.2, 0.25) is 0 Å². The van der Waals surface area contributed by atoms with E-state index in [1.807, 2.05) is 24.1 Å². The summed E-state index contributed by atoms with van der Waals surface area (Å²) in [6, 6.07) is 15.1. The third-order valence-electron chi connectivity index (χ3n) is 7.63. The van der Waals surface area contributed by atoms with Gasteiger partial charge in [-0.3, -0.25) is 9.69 Å². The van der Waals surface area contributed by atoms with Crippen LogP contribution in [0.25, 0.3) is 0 Å². The van der Waals surface area contributed by atoms with Crippen molar-refractivity contribution in [3.05, 3.63) is 88.6 Å². The molecule has 5 rings (SSSR count). The smallest absolute Gasteiger partial charge is 0.257 e. The lowest BCUT2D eigenvalue weighted by molar-refractivity contribution is 0.0581. The Labute approximate surface area is 206 Å². The van der Waals surface area contributed by atoms with E-state index < -0.39 is 0 Å². The van der Waals surface area contributed by atoms with Crippen LogP contribution in [0.4, 0.5) is 4.39 Å². The fourth-order valence-corrected chi connectivity index (χ4v) is 5.55. The molecule has 2 aliphatic rings. The van der Waals surface area contributed by atoms with E-state index in [0.29, 0.717) is 29.2 Å². The van der Waals surface area contributed by atoms with Crippen LogP contribution in [-0.2, 0) is 19.4 Å². The summed E-state index contributed by atoms with van der Waals surface area (Å²) in [7, 11) is 1.85. The molecule has 0 aliphatic carbocycles. The molecule has 0 saturated carbocycles. The number of furan rings is 1. The molecule has 184 valence electrons. The second kappa shape index (κ2) is 10.2. The van der Waals surface area contributed by atoms with Gasteiger partial charge in [-0.2, -0.15) is 0 Å². The largest absolute Gasteiger partial charge is 0.493 e. The van der Waals surface area contributed by atoms with Crippen molar-refractivity contribution in [3.63, 3.8) is 0 Å². The number of hydrogen-bond donors (Lipinski definition) is 0. The Balaban J connectivity index is 1.29. The lowest BCUT2D eigenvalue weighted by atomic mass is 9.84. The number of likely N-dealkylation sites (N-methyl/N-ethyl adjacent to an activating group) is 1. The molecule has 2 aromatic carbocycles. The molecule has 0 unspecified atom stereocenters. The minimum Gasteiger partial charge on any atom is -0.493 e. The highest BCUT2D eigenvalue weighted by molar-refractivity contribution is 5.95. The maximum absolute atomic E-state index is 14.6. The Kier molecular flexibility index (Phi) is 6.91. The summed E-state index contributed by atoms with van der Waals surface area (Å²) in [5, 5.41) is 0. The standard InChI is InChI=1S/C29H33FN2O3/c1-20-25(12-16-34-20)29(33)31(2)27(18-23-5-3-4-6-26(23)30)22-9-13-32(14-10-22)19-21-7-8-28-24(17-21)11-15-35-28/h3-8,12,16-17,22,27H,9-11,13-15,18-19H2,1-2H3/t27-/m0/s1. The molecular formula is C29H33FN2O3. The highest BCUT2D eigenvalue weighted by Crippen LogP contribution is 2.30. The number of nitrogens with zero attached hydrogens (tertiary/aromatic N) is 2. The molecule has 1 aromatic heterocycles. The molecule has 6 heteroatoms. The Morgan fingerprint density at radius 2 is 1.97 bits per heavy atom. The maximum Gasteiger partial charge on any atom is 0.257 e. The lowest BCUT2D eigenvalue weighted by Crippen LogP contribution is -2.47. The van der Waals surface area contributed by atoms with Gasteiger partial charge in [0.2, 0.25) is 0 Å². The van der Waals surface area contributed by atoms with Gasteiger partial charge in [-0.25, -0.2) is 4.39 Å². The SMILES string of the molecule is Cc1occc1C(=O)N(C)[C@@H](Cc1ccccc1F)C1CCN(Cc2ccc3c(c2)CCO3)CC1. The van der Waals surface area contributed by atoms with Crippen LogP contribution >= 0.6 is 0 Å². The number of halogens is 1. The van der Waals surface area contributed by atoms with E-state index in [4.69, 9.17) is 9.15 Å². The number of piperidine rings is 1. The fraction of sp³-hybridized carbons (Fsp3) is 0.414. The normalized spacial score (nSPS) is 17.1. The van der Waals surface area contributed by atoms with Crippen LogP contribution in [0.1, 0.15) is 45.7 Å². The molecule has 5 nitrogen and oxygen atoms in total. The van der Waals surface area contributed by atoms with E-state index in [1.165, 1.54) is 17.2 Å². The number of hydrogen-bond acceptors (Lipinski definition) is 4. The number of amides is 1. The van der Waals surface area contributed by atoms with E-state index in [2.05, 4.69) is 23.1 Å². The van der Waals surface area contributed by atoms with Gasteiger partial charge >= 0.3 is 0 Å². The van der Waals surface area contributed by atoms with Crippen molar-refractivity contribution in [1.82, 2.24) is 9.80 Å². The fourth-order valence-electron chi connectivity index (χ4n) is 5.55. The number of benzene rings is 2. The minimum atomic E-state index is -0.212. The molecule has 1 fully saturated rings. The Hall–Kier alpha value is -3.12. The molecule has 3 heterocycles. The van der Waals surface area contributed by atoms with Gasteiger partial charge in [-0.05, 0) is 80.1 Å². The van der Waals surface area contributed by atoms with Gasteiger partial charge in [0.25, 0.3) is 5.91 Å². The Morgan fingerprint density at radius 3 is 2.71 bits per heavy atom. The molecule has 2 aliphatic heterocycles. The van der Waals surface area contributed by atoms with Crippen LogP contribution in [0.15, 0.2) is 59.2 Å². The molecule has 1 atom stereocenters. The highest BCUT2D eigenvalue weighted by atomic mass is 19.1. The monoisotopic (exact) mass is 476 g/mol. The van der Waals surface area contributed by atoms with Crippen molar-refractivity contribution in [3.8, 4) is 5.75 Å². The van der Waals surface area contributed by atoms with Crippen molar-refractivity contribution < 1.29 is 18.3 Å². The van der Waals surface area contributed by atoms with Crippen molar-refractivity contribution >= 4 is 5.91 Å². The predicted molar refractivity (Wildman–Crippen MR) is 133 cm³/mol. The summed E-state index contributed by atoms with van der Waals surface area (Å²) in [6.45, 7) is 5.41. The van der Waals surface area contributed by atoms with Gasteiger partial charge in [0, 0.05) is 26.1 Å². The first-order valence-electron chi connectivity index (χ1n) is 12.5. The molecule has 0 spiro atoms. The van der Waals surface area contributed by atoms with Crippen LogP contribution < -0.4 is 4.74 Å². The molecular weight excluding hydrogens is 443 g/mol. The summed E-state index contributed by atoms with van der Waals surface area (Å²) in [5.41, 5.74) is 3.85. The van der Waals surface area contributed by atoms with E-state index >= 15 is 0 Å². The molecule has 3 aromatic rings. The van der Waals surface area contributed by atoms with E-state index in [1.54, 1.807) is 25.3 Å². The van der Waals surface area contributed by atoms with Crippen molar-refractivity contribution in [2.45, 2.75) is 45.2 Å². The van der Waals surface area contributed by atoms with Crippen LogP contribution in [0.3, 0.4) is 0 Å². The first-order valence-corrected chi connectivity index (χ1v) is 12.5. The zero-order valence-electron chi connectivity index (χ0n) is 20.5. The average Bonchev–Trinajstić information content (AvgIpc) is 3.52. The lowest BCUT2D eigenvalue weighted by Gasteiger charge is -2.40. The molecule has 35 heavy (non-hydrogen) atoms. The van der Waals surface area contributed by atoms with E-state index in [0.717, 1.165) is 51.3 Å². The van der Waals surface area contributed by atoms with Crippen LogP contribution in [0, 0.1) is 18.7 Å². The quantitative estimate of drug-likeness (QED) is 0.467. The second-order valence-electron chi connectivity index (χ2n) is 9.82. The average molecular weight is 477 g/mol. The van der Waals surface area contributed by atoms with E-state index in [9.17, 15) is 9.18 Å². The number of carbonyl (C=O) groups excluding carboxylic acids is 1. The first kappa shape index (κ1) is 23.6. The predicted octanol–water partition coefficient (Wildman–Crippen LogP) is 5.26. The van der Waals surface area contributed by atoms with Crippen LogP contribution in [0.5, 0.6) is 5.75 Å². The van der Waals surface area contributed by atoms with Gasteiger partial charge < -0.3 is 14.1 Å². The second-order valence-corrected chi connectivity index (χ2v) is 9.82. The molecule has 1 saturated heterocycles. The number of carbonyl (C=O) groups is 1. The number of fused-ring (bicyclic) bond motifs is 1. The molecule has 0 N–H and O–H groups in total. The molecule has 0 radical (unpaired) electrons. The number of ether oxygens (including phenoxy) is 1. The summed E-state index contributed by atoms with van der Waals surface area (Å²) >= 11 is 0. The Bertz CT molecular complexity index is 1180. The zero-order valence-corrected chi connectivity index (χ0v) is 20.5. The van der Waals surface area contributed by atoms with Crippen molar-refractivity contribution in [1.29, 1.82) is 0 Å². The number of aryl methyl sites for hydroxylation is 1. The summed E-state index contributed by atoms with van der Waals surface area (Å²) in [5.74, 6) is 1.64. The van der Waals surface area contributed by atoms with Crippen molar-refractivity contribution in [2.24, 2.45) is 5.92 Å². The third-order valence-corrected chi connectivity index (χ3v) is 7.63. The number of likely N-dealkylation sites (tertiary alicyclic amines) is 1. The van der Waals surface area contributed by atoms with Crippen molar-refractivity contribution in [2.75, 3.05) is 26.7 Å². The summed E-state index contributed by atoms with van der Waals surface area (Å²) in [4.78, 5) is 17.6. The first-order chi connectivity index (χ1) is 17.0. The molecule has 0 bridgehead atoms. The Morgan fingerprint density at radius 1 is 1.17 bits per heavy atom. The topological polar surface area (TPSA) is 45.9 Å². The van der Waals surface area contributed by atoms with Gasteiger partial charge in [-0.15, -0.1) is 0 Å². The minimum absolute atomic E-state index is 0.0691. The highest BCUT2D eigenvalue weighted by Gasteiger charge is 2.33. The third kappa shape index (κ3) is 5.13. The van der Waals surface area contributed by atoms with Gasteiger partial charge in [-0.1, -0.05) is 30.3 Å². The van der Waals surface area contributed by atoms with Gasteiger partial charge in [0.05, 0.1) is 18.4 Å².